The maximum Gasteiger partial charge on any atom is 0.0828 e. The second-order valence-electron chi connectivity index (χ2n) is 3.24. The van der Waals surface area contributed by atoms with Crippen LogP contribution >= 0.6 is 0 Å². The Hall–Kier alpha value is -0.560. The predicted molar refractivity (Wildman–Crippen MR) is 54.1 cm³/mol. The molecule has 0 rings (SSSR count). The van der Waals surface area contributed by atoms with Gasteiger partial charge in [0.1, 0.15) is 0 Å². The minimum atomic E-state index is -0.662. The zero-order valence-electron chi connectivity index (χ0n) is 8.05. The van der Waals surface area contributed by atoms with Crippen molar-refractivity contribution in [3.63, 3.8) is 0 Å². The first-order chi connectivity index (χ1) is 5.68. The smallest absolute Gasteiger partial charge is 0.0828 e. The monoisotopic (exact) mass is 168 g/mol. The van der Waals surface area contributed by atoms with E-state index in [0.717, 1.165) is 32.1 Å². The van der Waals surface area contributed by atoms with Crippen LogP contribution in [0.2, 0.25) is 0 Å². The van der Waals surface area contributed by atoms with E-state index in [9.17, 15) is 5.11 Å². The van der Waals surface area contributed by atoms with Crippen molar-refractivity contribution >= 4 is 0 Å². The van der Waals surface area contributed by atoms with Crippen LogP contribution in [0.15, 0.2) is 25.3 Å². The van der Waals surface area contributed by atoms with Crippen molar-refractivity contribution in [3.05, 3.63) is 25.3 Å². The fourth-order valence-electron chi connectivity index (χ4n) is 1.16. The number of unbranched alkanes of at least 4 members (excludes halogenated alkanes) is 1. The molecule has 0 fully saturated rings. The molecule has 0 aromatic rings. The van der Waals surface area contributed by atoms with Gasteiger partial charge in [-0.25, -0.2) is 0 Å². The van der Waals surface area contributed by atoms with E-state index in [0.29, 0.717) is 0 Å². The largest absolute Gasteiger partial charge is 0.386 e. The molecule has 1 nitrogen and oxygen atoms in total. The molecule has 0 aliphatic rings. The zero-order valence-corrected chi connectivity index (χ0v) is 8.05. The molecule has 0 bridgehead atoms. The van der Waals surface area contributed by atoms with Gasteiger partial charge >= 0.3 is 0 Å². The lowest BCUT2D eigenvalue weighted by Crippen LogP contribution is -2.24. The summed E-state index contributed by atoms with van der Waals surface area (Å²) in [4.78, 5) is 0. The third-order valence-corrected chi connectivity index (χ3v) is 2.12. The van der Waals surface area contributed by atoms with Gasteiger partial charge in [0, 0.05) is 0 Å². The molecule has 0 saturated carbocycles. The molecule has 70 valence electrons. The molecule has 0 aromatic carbocycles. The summed E-state index contributed by atoms with van der Waals surface area (Å²) in [5, 5.41) is 9.92. The van der Waals surface area contributed by atoms with E-state index in [1.807, 2.05) is 6.08 Å². The number of rotatable bonds is 7. The molecule has 0 aliphatic heterocycles. The normalized spacial score (nSPS) is 15.2. The highest BCUT2D eigenvalue weighted by molar-refractivity contribution is 4.96. The fraction of sp³-hybridized carbons (Fsp3) is 0.636. The van der Waals surface area contributed by atoms with Crippen LogP contribution in [0.4, 0.5) is 0 Å². The topological polar surface area (TPSA) is 20.2 Å². The molecule has 1 N–H and O–H groups in total. The summed E-state index contributed by atoms with van der Waals surface area (Å²) in [5.74, 6) is 0. The summed E-state index contributed by atoms with van der Waals surface area (Å²) in [6.45, 7) is 9.41. The Kier molecular flexibility index (Phi) is 5.73. The summed E-state index contributed by atoms with van der Waals surface area (Å²) in [6.07, 6.45) is 8.09. The lowest BCUT2D eigenvalue weighted by atomic mass is 9.92. The van der Waals surface area contributed by atoms with E-state index < -0.39 is 5.60 Å². The Morgan fingerprint density at radius 1 is 1.33 bits per heavy atom. The van der Waals surface area contributed by atoms with Crippen molar-refractivity contribution in [2.45, 2.75) is 44.6 Å². The highest BCUT2D eigenvalue weighted by atomic mass is 16.3. The van der Waals surface area contributed by atoms with Crippen LogP contribution < -0.4 is 0 Å². The van der Waals surface area contributed by atoms with Gasteiger partial charge in [-0.1, -0.05) is 31.9 Å². The first-order valence-corrected chi connectivity index (χ1v) is 4.65. The summed E-state index contributed by atoms with van der Waals surface area (Å²) in [6, 6.07) is 0. The molecular formula is C11H20O. The molecule has 1 unspecified atom stereocenters. The van der Waals surface area contributed by atoms with Crippen LogP contribution in [-0.2, 0) is 0 Å². The number of allylic oxidation sites excluding steroid dienone is 1. The van der Waals surface area contributed by atoms with E-state index in [1.165, 1.54) is 0 Å². The molecule has 0 spiro atoms. The maximum atomic E-state index is 9.92. The molecule has 0 heterocycles. The summed E-state index contributed by atoms with van der Waals surface area (Å²) in [5.41, 5.74) is -0.662. The molecular weight excluding hydrogens is 148 g/mol. The van der Waals surface area contributed by atoms with Gasteiger partial charge in [-0.3, -0.25) is 0 Å². The fourth-order valence-corrected chi connectivity index (χ4v) is 1.16. The van der Waals surface area contributed by atoms with Gasteiger partial charge < -0.3 is 5.11 Å². The van der Waals surface area contributed by atoms with Crippen molar-refractivity contribution in [2.75, 3.05) is 0 Å². The van der Waals surface area contributed by atoms with Crippen molar-refractivity contribution < 1.29 is 5.11 Å². The Bertz CT molecular complexity index is 140. The van der Waals surface area contributed by atoms with E-state index in [1.54, 1.807) is 6.08 Å². The van der Waals surface area contributed by atoms with Gasteiger partial charge in [0.2, 0.25) is 0 Å². The van der Waals surface area contributed by atoms with Crippen molar-refractivity contribution in [1.29, 1.82) is 0 Å². The number of aliphatic hydroxyl groups is 1. The molecule has 1 heteroatoms. The average molecular weight is 168 g/mol. The molecule has 12 heavy (non-hydrogen) atoms. The Morgan fingerprint density at radius 2 is 2.00 bits per heavy atom. The predicted octanol–water partition coefficient (Wildman–Crippen LogP) is 3.06. The SMILES string of the molecule is C=CCCC(O)(C=C)CCCC. The summed E-state index contributed by atoms with van der Waals surface area (Å²) >= 11 is 0. The van der Waals surface area contributed by atoms with Crippen LogP contribution in [0.3, 0.4) is 0 Å². The minimum absolute atomic E-state index is 0.662. The average Bonchev–Trinajstić information content (AvgIpc) is 2.11. The van der Waals surface area contributed by atoms with Crippen LogP contribution in [0.25, 0.3) is 0 Å². The van der Waals surface area contributed by atoms with Gasteiger partial charge in [0.05, 0.1) is 5.60 Å². The van der Waals surface area contributed by atoms with Gasteiger partial charge in [-0.2, -0.15) is 0 Å². The second kappa shape index (κ2) is 6.01. The highest BCUT2D eigenvalue weighted by Gasteiger charge is 2.20. The number of hydrogen-bond acceptors (Lipinski definition) is 1. The Labute approximate surface area is 75.8 Å². The van der Waals surface area contributed by atoms with Gasteiger partial charge in [-0.15, -0.1) is 13.2 Å². The molecule has 0 saturated heterocycles. The van der Waals surface area contributed by atoms with E-state index in [-0.39, 0.29) is 0 Å². The third-order valence-electron chi connectivity index (χ3n) is 2.12. The Morgan fingerprint density at radius 3 is 2.42 bits per heavy atom. The first kappa shape index (κ1) is 11.4. The van der Waals surface area contributed by atoms with Crippen molar-refractivity contribution in [3.8, 4) is 0 Å². The van der Waals surface area contributed by atoms with Crippen LogP contribution in [0, 0.1) is 0 Å². The summed E-state index contributed by atoms with van der Waals surface area (Å²) in [7, 11) is 0. The molecule has 1 atom stereocenters. The molecule has 0 amide bonds. The quantitative estimate of drug-likeness (QED) is 0.579. The second-order valence-corrected chi connectivity index (χ2v) is 3.24. The number of hydrogen-bond donors (Lipinski definition) is 1. The zero-order chi connectivity index (χ0) is 9.45. The molecule has 0 radical (unpaired) electrons. The maximum absolute atomic E-state index is 9.92. The standard InChI is InChI=1S/C11H20O/c1-4-7-9-11(12,6-3)10-8-5-2/h4,6,12H,1,3,5,7-10H2,2H3. The summed E-state index contributed by atoms with van der Waals surface area (Å²) < 4.78 is 0. The van der Waals surface area contributed by atoms with E-state index in [2.05, 4.69) is 20.1 Å². The minimum Gasteiger partial charge on any atom is -0.386 e. The van der Waals surface area contributed by atoms with E-state index in [4.69, 9.17) is 0 Å². The molecule has 0 aromatic heterocycles. The highest BCUT2D eigenvalue weighted by Crippen LogP contribution is 2.21. The lowest BCUT2D eigenvalue weighted by molar-refractivity contribution is 0.0712. The van der Waals surface area contributed by atoms with Crippen molar-refractivity contribution in [1.82, 2.24) is 0 Å². The lowest BCUT2D eigenvalue weighted by Gasteiger charge is -2.23. The van der Waals surface area contributed by atoms with Crippen LogP contribution in [-0.4, -0.2) is 10.7 Å². The molecule has 0 aliphatic carbocycles. The van der Waals surface area contributed by atoms with Crippen molar-refractivity contribution in [2.24, 2.45) is 0 Å². The van der Waals surface area contributed by atoms with Gasteiger partial charge in [0.15, 0.2) is 0 Å². The first-order valence-electron chi connectivity index (χ1n) is 4.65. The van der Waals surface area contributed by atoms with E-state index >= 15 is 0 Å². The van der Waals surface area contributed by atoms with Crippen LogP contribution in [0.5, 0.6) is 0 Å². The van der Waals surface area contributed by atoms with Gasteiger partial charge in [-0.05, 0) is 19.3 Å². The van der Waals surface area contributed by atoms with Gasteiger partial charge in [0.25, 0.3) is 0 Å². The Balaban J connectivity index is 3.85. The third kappa shape index (κ3) is 4.35. The van der Waals surface area contributed by atoms with Crippen LogP contribution in [0.1, 0.15) is 39.0 Å².